The second-order valence-electron chi connectivity index (χ2n) is 4.36. The van der Waals surface area contributed by atoms with Crippen LogP contribution in [0.25, 0.3) is 0 Å². The van der Waals surface area contributed by atoms with E-state index in [9.17, 15) is 0 Å². The van der Waals surface area contributed by atoms with Gasteiger partial charge in [0.05, 0.1) is 5.69 Å². The summed E-state index contributed by atoms with van der Waals surface area (Å²) in [7, 11) is 0. The lowest BCUT2D eigenvalue weighted by molar-refractivity contribution is 0.783. The predicted octanol–water partition coefficient (Wildman–Crippen LogP) is 3.19. The Morgan fingerprint density at radius 3 is 2.64 bits per heavy atom. The van der Waals surface area contributed by atoms with Crippen molar-refractivity contribution in [3.05, 3.63) is 16.1 Å². The van der Waals surface area contributed by atoms with Crippen molar-refractivity contribution in [3.8, 4) is 0 Å². The molecule has 0 aliphatic carbocycles. The molecule has 0 aromatic carbocycles. The highest BCUT2D eigenvalue weighted by Crippen LogP contribution is 2.28. The summed E-state index contributed by atoms with van der Waals surface area (Å²) >= 11 is 3.63. The third-order valence-corrected chi connectivity index (χ3v) is 4.00. The van der Waals surface area contributed by atoms with Gasteiger partial charge in [0.25, 0.3) is 0 Å². The van der Waals surface area contributed by atoms with Crippen LogP contribution in [0, 0.1) is 0 Å². The Balaban J connectivity index is 2.52. The van der Waals surface area contributed by atoms with Crippen molar-refractivity contribution in [2.24, 2.45) is 5.73 Å². The summed E-state index contributed by atoms with van der Waals surface area (Å²) in [4.78, 5) is 4.49. The van der Waals surface area contributed by atoms with E-state index < -0.39 is 0 Å². The molecule has 0 amide bonds. The molecule has 0 aliphatic rings. The zero-order chi connectivity index (χ0) is 10.8. The highest BCUT2D eigenvalue weighted by Gasteiger charge is 2.12. The third kappa shape index (κ3) is 3.98. The predicted molar refractivity (Wildman–Crippen MR) is 65.8 cm³/mol. The maximum absolute atomic E-state index is 5.75. The maximum Gasteiger partial charge on any atom is 0.103 e. The Morgan fingerprint density at radius 1 is 1.57 bits per heavy atom. The van der Waals surface area contributed by atoms with Gasteiger partial charge in [0.15, 0.2) is 0 Å². The molecule has 0 radical (unpaired) electrons. The molecule has 80 valence electrons. The highest BCUT2D eigenvalue weighted by molar-refractivity contribution is 7.99. The van der Waals surface area contributed by atoms with E-state index in [-0.39, 0.29) is 6.04 Å². The van der Waals surface area contributed by atoms with Gasteiger partial charge in [-0.2, -0.15) is 0 Å². The molecule has 2 nitrogen and oxygen atoms in total. The number of hydrogen-bond donors (Lipinski definition) is 1. The number of thiazole rings is 1. The minimum atomic E-state index is 0.0552. The van der Waals surface area contributed by atoms with Crippen molar-refractivity contribution < 1.29 is 0 Å². The lowest BCUT2D eigenvalue weighted by Crippen LogP contribution is -2.08. The van der Waals surface area contributed by atoms with Crippen molar-refractivity contribution in [3.63, 3.8) is 0 Å². The lowest BCUT2D eigenvalue weighted by atomic mass is 10.3. The van der Waals surface area contributed by atoms with Gasteiger partial charge in [0.2, 0.25) is 0 Å². The average Bonchev–Trinajstić information content (AvgIpc) is 2.47. The number of nitrogens with zero attached hydrogens (tertiary/aromatic N) is 1. The molecule has 14 heavy (non-hydrogen) atoms. The molecule has 1 aromatic heterocycles. The quantitative estimate of drug-likeness (QED) is 0.866. The first-order chi connectivity index (χ1) is 6.38. The van der Waals surface area contributed by atoms with Gasteiger partial charge in [-0.3, -0.25) is 0 Å². The Labute approximate surface area is 94.3 Å². The molecule has 1 atom stereocenters. The fraction of sp³-hybridized carbons (Fsp3) is 0.700. The van der Waals surface area contributed by atoms with Crippen LogP contribution in [0.15, 0.2) is 5.38 Å². The highest BCUT2D eigenvalue weighted by atomic mass is 32.2. The summed E-state index contributed by atoms with van der Waals surface area (Å²) in [5.74, 6) is 0.987. The zero-order valence-electron chi connectivity index (χ0n) is 9.20. The molecule has 0 saturated heterocycles. The number of rotatable bonds is 3. The normalized spacial score (nSPS) is 14.4. The van der Waals surface area contributed by atoms with Gasteiger partial charge >= 0.3 is 0 Å². The van der Waals surface area contributed by atoms with E-state index in [1.807, 2.05) is 18.7 Å². The van der Waals surface area contributed by atoms with Gasteiger partial charge in [0.1, 0.15) is 5.01 Å². The first-order valence-corrected chi connectivity index (χ1v) is 6.59. The maximum atomic E-state index is 5.75. The smallest absolute Gasteiger partial charge is 0.103 e. The molecule has 0 spiro atoms. The fourth-order valence-electron chi connectivity index (χ4n) is 0.879. The number of thioether (sulfide) groups is 1. The minimum Gasteiger partial charge on any atom is -0.323 e. The lowest BCUT2D eigenvalue weighted by Gasteiger charge is -2.16. The molecule has 1 heterocycles. The van der Waals surface area contributed by atoms with Crippen LogP contribution in [0.1, 0.15) is 44.4 Å². The van der Waals surface area contributed by atoms with Crippen LogP contribution in [-0.2, 0) is 5.75 Å². The number of aromatic nitrogens is 1. The number of nitrogens with two attached hydrogens (primary N) is 1. The topological polar surface area (TPSA) is 38.9 Å². The van der Waals surface area contributed by atoms with Crippen LogP contribution < -0.4 is 5.73 Å². The van der Waals surface area contributed by atoms with Crippen molar-refractivity contribution in [1.29, 1.82) is 0 Å². The van der Waals surface area contributed by atoms with E-state index in [1.54, 1.807) is 11.3 Å². The largest absolute Gasteiger partial charge is 0.323 e. The van der Waals surface area contributed by atoms with Gasteiger partial charge in [0, 0.05) is 21.9 Å². The summed E-state index contributed by atoms with van der Waals surface area (Å²) in [6.07, 6.45) is 0. The number of hydrogen-bond acceptors (Lipinski definition) is 4. The SMILES string of the molecule is CC(N)c1csc(CSC(C)(C)C)n1. The summed E-state index contributed by atoms with van der Waals surface area (Å²) in [5.41, 5.74) is 6.76. The Hall–Kier alpha value is -0.0600. The molecule has 0 bridgehead atoms. The third-order valence-electron chi connectivity index (χ3n) is 1.66. The van der Waals surface area contributed by atoms with Crippen molar-refractivity contribution in [2.75, 3.05) is 0 Å². The Morgan fingerprint density at radius 2 is 2.21 bits per heavy atom. The standard InChI is InChI=1S/C10H18N2S2/c1-7(11)8-5-13-9(12-8)6-14-10(2,3)4/h5,7H,6,11H2,1-4H3. The van der Waals surface area contributed by atoms with Crippen molar-refractivity contribution in [2.45, 2.75) is 44.2 Å². The van der Waals surface area contributed by atoms with Crippen LogP contribution in [0.4, 0.5) is 0 Å². The minimum absolute atomic E-state index is 0.0552. The van der Waals surface area contributed by atoms with Gasteiger partial charge in [-0.05, 0) is 6.92 Å². The average molecular weight is 230 g/mol. The van der Waals surface area contributed by atoms with Crippen molar-refractivity contribution >= 4 is 23.1 Å². The summed E-state index contributed by atoms with van der Waals surface area (Å²) in [6, 6.07) is 0.0552. The summed E-state index contributed by atoms with van der Waals surface area (Å²) < 4.78 is 0.306. The Kier molecular flexibility index (Phi) is 3.98. The second kappa shape index (κ2) is 4.64. The van der Waals surface area contributed by atoms with Gasteiger partial charge < -0.3 is 5.73 Å². The van der Waals surface area contributed by atoms with Crippen LogP contribution in [-0.4, -0.2) is 9.73 Å². The first kappa shape index (κ1) is 12.0. The van der Waals surface area contributed by atoms with Crippen LogP contribution >= 0.6 is 23.1 Å². The molecule has 1 unspecified atom stereocenters. The molecular formula is C10H18N2S2. The molecule has 0 saturated carbocycles. The first-order valence-electron chi connectivity index (χ1n) is 4.72. The molecule has 1 rings (SSSR count). The molecule has 0 fully saturated rings. The van der Waals surface area contributed by atoms with Crippen molar-refractivity contribution in [1.82, 2.24) is 4.98 Å². The molecule has 1 aromatic rings. The van der Waals surface area contributed by atoms with Gasteiger partial charge in [-0.25, -0.2) is 4.98 Å². The van der Waals surface area contributed by atoms with Crippen LogP contribution in [0.2, 0.25) is 0 Å². The zero-order valence-corrected chi connectivity index (χ0v) is 10.8. The molecule has 2 N–H and O–H groups in total. The molecule has 0 aliphatic heterocycles. The summed E-state index contributed by atoms with van der Waals surface area (Å²) in [6.45, 7) is 8.63. The summed E-state index contributed by atoms with van der Waals surface area (Å²) in [5, 5.41) is 3.24. The van der Waals surface area contributed by atoms with E-state index >= 15 is 0 Å². The van der Waals surface area contributed by atoms with E-state index in [2.05, 4.69) is 31.1 Å². The van der Waals surface area contributed by atoms with E-state index in [0.717, 1.165) is 11.4 Å². The second-order valence-corrected chi connectivity index (χ2v) is 7.10. The van der Waals surface area contributed by atoms with Gasteiger partial charge in [-0.15, -0.1) is 23.1 Å². The van der Waals surface area contributed by atoms with Gasteiger partial charge in [-0.1, -0.05) is 20.8 Å². The fourth-order valence-corrected chi connectivity index (χ4v) is 2.63. The van der Waals surface area contributed by atoms with E-state index in [1.165, 1.54) is 5.01 Å². The monoisotopic (exact) mass is 230 g/mol. The van der Waals surface area contributed by atoms with E-state index in [0.29, 0.717) is 4.75 Å². The van der Waals surface area contributed by atoms with Crippen LogP contribution in [0.3, 0.4) is 0 Å². The van der Waals surface area contributed by atoms with Crippen LogP contribution in [0.5, 0.6) is 0 Å². The molecular weight excluding hydrogens is 212 g/mol. The Bertz CT molecular complexity index is 287. The molecule has 4 heteroatoms. The van der Waals surface area contributed by atoms with E-state index in [4.69, 9.17) is 5.73 Å².